The Labute approximate surface area is 217 Å². The normalized spacial score (nSPS) is 21.7. The lowest BCUT2D eigenvalue weighted by Gasteiger charge is -2.41. The molecule has 0 aromatic heterocycles. The molecule has 4 atom stereocenters. The number of rotatable bonds is 12. The predicted molar refractivity (Wildman–Crippen MR) is 136 cm³/mol. The lowest BCUT2D eigenvalue weighted by atomic mass is 9.99. The second-order valence-electron chi connectivity index (χ2n) is 8.41. The van der Waals surface area contributed by atoms with Crippen molar-refractivity contribution >= 4 is 17.6 Å². The Morgan fingerprint density at radius 2 is 1.17 bits per heavy atom. The Morgan fingerprint density at radius 1 is 0.694 bits per heavy atom. The van der Waals surface area contributed by atoms with Crippen molar-refractivity contribution in [1.82, 2.24) is 0 Å². The van der Waals surface area contributed by atoms with Crippen molar-refractivity contribution in [2.24, 2.45) is 0 Å². The fourth-order valence-corrected chi connectivity index (χ4v) is 3.98. The fraction of sp³-hybridized carbons (Fsp3) is 0.310. The number of esters is 1. The van der Waals surface area contributed by atoms with Crippen molar-refractivity contribution in [2.45, 2.75) is 44.2 Å². The van der Waals surface area contributed by atoms with Crippen LogP contribution in [0.3, 0.4) is 0 Å². The van der Waals surface area contributed by atoms with Crippen LogP contribution in [0.5, 0.6) is 0 Å². The lowest BCUT2D eigenvalue weighted by Crippen LogP contribution is -2.55. The van der Waals surface area contributed by atoms with E-state index >= 15 is 0 Å². The third kappa shape index (κ3) is 7.88. The SMILES string of the molecule is O=C(CCl)OC[C@H]1O[CH][C@H](OCc2ccccc2)[C@@H](OCc2ccccc2)[C@@H]1OCc1ccccc1. The molecule has 36 heavy (non-hydrogen) atoms. The smallest absolute Gasteiger partial charge is 0.320 e. The van der Waals surface area contributed by atoms with Gasteiger partial charge in [0.05, 0.1) is 19.8 Å². The highest BCUT2D eigenvalue weighted by Crippen LogP contribution is 2.29. The first-order valence-corrected chi connectivity index (χ1v) is 12.4. The summed E-state index contributed by atoms with van der Waals surface area (Å²) in [4.78, 5) is 11.7. The Kier molecular flexibility index (Phi) is 10.3. The largest absolute Gasteiger partial charge is 0.462 e. The molecule has 1 fully saturated rings. The van der Waals surface area contributed by atoms with Crippen LogP contribution in [0.1, 0.15) is 16.7 Å². The molecular formula is C29H30ClO6. The van der Waals surface area contributed by atoms with Gasteiger partial charge < -0.3 is 23.7 Å². The van der Waals surface area contributed by atoms with Gasteiger partial charge in [-0.2, -0.15) is 0 Å². The lowest BCUT2D eigenvalue weighted by molar-refractivity contribution is -0.226. The van der Waals surface area contributed by atoms with Gasteiger partial charge in [-0.1, -0.05) is 91.0 Å². The molecule has 7 heteroatoms. The van der Waals surface area contributed by atoms with E-state index in [9.17, 15) is 4.79 Å². The van der Waals surface area contributed by atoms with Crippen molar-refractivity contribution < 1.29 is 28.5 Å². The van der Waals surface area contributed by atoms with Gasteiger partial charge in [-0.3, -0.25) is 4.79 Å². The third-order valence-corrected chi connectivity index (χ3v) is 5.99. The zero-order valence-electron chi connectivity index (χ0n) is 19.9. The topological polar surface area (TPSA) is 63.2 Å². The van der Waals surface area contributed by atoms with Crippen LogP contribution in [0.4, 0.5) is 0 Å². The Bertz CT molecular complexity index is 1030. The van der Waals surface area contributed by atoms with Crippen molar-refractivity contribution in [3.63, 3.8) is 0 Å². The maximum absolute atomic E-state index is 11.7. The van der Waals surface area contributed by atoms with E-state index in [1.165, 1.54) is 0 Å². The van der Waals surface area contributed by atoms with Crippen LogP contribution in [0.25, 0.3) is 0 Å². The second-order valence-corrected chi connectivity index (χ2v) is 8.68. The Morgan fingerprint density at radius 3 is 1.67 bits per heavy atom. The molecule has 0 amide bonds. The van der Waals surface area contributed by atoms with Crippen LogP contribution in [0.2, 0.25) is 0 Å². The predicted octanol–water partition coefficient (Wildman–Crippen LogP) is 5.09. The quantitative estimate of drug-likeness (QED) is 0.250. The highest BCUT2D eigenvalue weighted by atomic mass is 35.5. The van der Waals surface area contributed by atoms with E-state index in [1.54, 1.807) is 6.61 Å². The van der Waals surface area contributed by atoms with Crippen molar-refractivity contribution in [2.75, 3.05) is 12.5 Å². The van der Waals surface area contributed by atoms with Gasteiger partial charge in [-0.15, -0.1) is 11.6 Å². The molecule has 1 heterocycles. The molecule has 0 N–H and O–H groups in total. The van der Waals surface area contributed by atoms with E-state index in [-0.39, 0.29) is 12.5 Å². The van der Waals surface area contributed by atoms with Gasteiger partial charge in [0.15, 0.2) is 0 Å². The van der Waals surface area contributed by atoms with Gasteiger partial charge in [0.2, 0.25) is 0 Å². The summed E-state index contributed by atoms with van der Waals surface area (Å²) in [5.74, 6) is -0.755. The number of benzene rings is 3. The van der Waals surface area contributed by atoms with E-state index < -0.39 is 30.4 Å². The maximum atomic E-state index is 11.7. The van der Waals surface area contributed by atoms with Crippen molar-refractivity contribution in [3.05, 3.63) is 114 Å². The molecule has 0 saturated carbocycles. The molecule has 1 aliphatic rings. The average Bonchev–Trinajstić information content (AvgIpc) is 2.94. The van der Waals surface area contributed by atoms with Crippen LogP contribution >= 0.6 is 11.6 Å². The molecule has 1 saturated heterocycles. The number of halogens is 1. The van der Waals surface area contributed by atoms with E-state index in [1.807, 2.05) is 91.0 Å². The van der Waals surface area contributed by atoms with E-state index in [0.29, 0.717) is 19.8 Å². The number of hydrogen-bond acceptors (Lipinski definition) is 6. The summed E-state index contributed by atoms with van der Waals surface area (Å²) in [6, 6.07) is 29.7. The van der Waals surface area contributed by atoms with Crippen LogP contribution in [0.15, 0.2) is 91.0 Å². The summed E-state index contributed by atoms with van der Waals surface area (Å²) in [6.45, 7) is 2.68. The molecule has 3 aromatic carbocycles. The highest BCUT2D eigenvalue weighted by molar-refractivity contribution is 6.26. The minimum Gasteiger partial charge on any atom is -0.462 e. The standard InChI is InChI=1S/C29H30ClO6/c30-16-27(31)34-21-26-29(36-19-24-14-8-3-9-15-24)28(35-18-23-12-6-2-7-13-23)25(20-33-26)32-17-22-10-4-1-5-11-22/h1-15,20,25-26,28-29H,16-19,21H2/t25-,26+,28+,29+/m0/s1. The zero-order valence-corrected chi connectivity index (χ0v) is 20.7. The minimum absolute atomic E-state index is 0.0158. The molecule has 0 aliphatic carbocycles. The number of carbonyl (C=O) groups excluding carboxylic acids is 1. The van der Waals surface area contributed by atoms with Crippen LogP contribution in [-0.4, -0.2) is 42.9 Å². The van der Waals surface area contributed by atoms with E-state index in [2.05, 4.69) is 0 Å². The summed E-state index contributed by atoms with van der Waals surface area (Å²) in [5.41, 5.74) is 3.07. The molecule has 4 rings (SSSR count). The van der Waals surface area contributed by atoms with Crippen LogP contribution < -0.4 is 0 Å². The molecule has 189 valence electrons. The van der Waals surface area contributed by atoms with Gasteiger partial charge >= 0.3 is 5.97 Å². The van der Waals surface area contributed by atoms with Gasteiger partial charge in [-0.25, -0.2) is 0 Å². The summed E-state index contributed by atoms with van der Waals surface area (Å²) >= 11 is 5.62. The summed E-state index contributed by atoms with van der Waals surface area (Å²) in [7, 11) is 0. The first kappa shape index (κ1) is 26.3. The van der Waals surface area contributed by atoms with Crippen molar-refractivity contribution in [1.29, 1.82) is 0 Å². The zero-order chi connectivity index (χ0) is 25.0. The second kappa shape index (κ2) is 14.1. The molecule has 0 spiro atoms. The average molecular weight is 510 g/mol. The van der Waals surface area contributed by atoms with Crippen LogP contribution in [-0.2, 0) is 48.3 Å². The number of alkyl halides is 1. The third-order valence-electron chi connectivity index (χ3n) is 5.78. The van der Waals surface area contributed by atoms with Gasteiger partial charge in [0, 0.05) is 0 Å². The van der Waals surface area contributed by atoms with Gasteiger partial charge in [-0.05, 0) is 16.7 Å². The van der Waals surface area contributed by atoms with Gasteiger partial charge in [0.25, 0.3) is 0 Å². The minimum atomic E-state index is -0.585. The number of hydrogen-bond donors (Lipinski definition) is 0. The maximum Gasteiger partial charge on any atom is 0.320 e. The fourth-order valence-electron chi connectivity index (χ4n) is 3.91. The molecule has 1 radical (unpaired) electrons. The van der Waals surface area contributed by atoms with E-state index in [0.717, 1.165) is 16.7 Å². The Hall–Kier alpha value is -2.74. The first-order chi connectivity index (χ1) is 17.7. The number of carbonyl (C=O) groups is 1. The molecular weight excluding hydrogens is 480 g/mol. The molecule has 3 aromatic rings. The van der Waals surface area contributed by atoms with E-state index in [4.69, 9.17) is 35.3 Å². The summed E-state index contributed by atoms with van der Waals surface area (Å²) < 4.78 is 30.3. The molecule has 1 aliphatic heterocycles. The molecule has 6 nitrogen and oxygen atoms in total. The summed E-state index contributed by atoms with van der Waals surface area (Å²) in [5, 5.41) is 0. The molecule has 0 bridgehead atoms. The highest BCUT2D eigenvalue weighted by Gasteiger charge is 2.44. The van der Waals surface area contributed by atoms with Gasteiger partial charge in [0.1, 0.15) is 43.5 Å². The first-order valence-electron chi connectivity index (χ1n) is 11.9. The van der Waals surface area contributed by atoms with Crippen molar-refractivity contribution in [3.8, 4) is 0 Å². The monoisotopic (exact) mass is 509 g/mol. The Balaban J connectivity index is 1.52. The summed E-state index contributed by atoms with van der Waals surface area (Å²) in [6.07, 6.45) is -2.17. The molecule has 0 unspecified atom stereocenters. The number of ether oxygens (including phenoxy) is 5. The van der Waals surface area contributed by atoms with Crippen LogP contribution in [0, 0.1) is 6.61 Å².